The van der Waals surface area contributed by atoms with Crippen molar-refractivity contribution in [2.75, 3.05) is 5.32 Å². The van der Waals surface area contributed by atoms with E-state index in [9.17, 15) is 18.3 Å². The van der Waals surface area contributed by atoms with Crippen LogP contribution in [-0.2, 0) is 22.1 Å². The molecule has 1 heterocycles. The van der Waals surface area contributed by atoms with Crippen LogP contribution in [0.3, 0.4) is 0 Å². The highest BCUT2D eigenvalue weighted by atomic mass is 35.5. The number of sulfonamides is 1. The Morgan fingerprint density at radius 3 is 2.37 bits per heavy atom. The van der Waals surface area contributed by atoms with Gasteiger partial charge >= 0.3 is 5.97 Å². The van der Waals surface area contributed by atoms with E-state index in [1.165, 1.54) is 24.3 Å². The van der Waals surface area contributed by atoms with Gasteiger partial charge in [-0.15, -0.1) is 0 Å². The van der Waals surface area contributed by atoms with Crippen LogP contribution in [0.25, 0.3) is 0 Å². The lowest BCUT2D eigenvalue weighted by Gasteiger charge is -2.32. The Labute approximate surface area is 183 Å². The van der Waals surface area contributed by atoms with Crippen molar-refractivity contribution in [3.8, 4) is 0 Å². The highest BCUT2D eigenvalue weighted by molar-refractivity contribution is 7.89. The van der Waals surface area contributed by atoms with Crippen LogP contribution in [0.1, 0.15) is 21.5 Å². The fraction of sp³-hybridized carbons (Fsp3) is 0.0952. The minimum Gasteiger partial charge on any atom is -0.478 e. The molecule has 0 spiro atoms. The fourth-order valence-electron chi connectivity index (χ4n) is 3.50. The summed E-state index contributed by atoms with van der Waals surface area (Å²) in [7, 11) is -3.97. The maximum Gasteiger partial charge on any atom is 0.335 e. The second-order valence-electron chi connectivity index (χ2n) is 6.95. The molecule has 1 aliphatic rings. The minimum absolute atomic E-state index is 0.0207. The fourth-order valence-corrected chi connectivity index (χ4v) is 5.31. The van der Waals surface area contributed by atoms with E-state index in [1.807, 2.05) is 0 Å². The Balaban J connectivity index is 1.80. The lowest BCUT2D eigenvalue weighted by Crippen LogP contribution is -2.50. The van der Waals surface area contributed by atoms with Gasteiger partial charge in [0.2, 0.25) is 10.0 Å². The molecule has 0 radical (unpaired) electrons. The van der Waals surface area contributed by atoms with E-state index in [1.54, 1.807) is 42.5 Å². The molecule has 0 amide bonds. The summed E-state index contributed by atoms with van der Waals surface area (Å²) in [5, 5.41) is 13.3. The number of halogens is 2. The van der Waals surface area contributed by atoms with Crippen LogP contribution in [0, 0.1) is 0 Å². The predicted octanol–water partition coefficient (Wildman–Crippen LogP) is 4.49. The summed E-state index contributed by atoms with van der Waals surface area (Å²) in [5.41, 5.74) is 0.996. The first-order chi connectivity index (χ1) is 14.2. The van der Waals surface area contributed by atoms with Crippen molar-refractivity contribution in [1.82, 2.24) is 4.72 Å². The number of fused-ring (bicyclic) bond motifs is 1. The molecule has 4 rings (SSSR count). The van der Waals surface area contributed by atoms with E-state index < -0.39 is 21.7 Å². The first kappa shape index (κ1) is 20.7. The van der Waals surface area contributed by atoms with Crippen molar-refractivity contribution in [3.05, 3.63) is 93.5 Å². The first-order valence-electron chi connectivity index (χ1n) is 8.89. The number of anilines is 1. The molecule has 0 bridgehead atoms. The summed E-state index contributed by atoms with van der Waals surface area (Å²) < 4.78 is 29.1. The number of carboxylic acids is 1. The molecule has 0 aromatic heterocycles. The van der Waals surface area contributed by atoms with Gasteiger partial charge < -0.3 is 10.4 Å². The summed E-state index contributed by atoms with van der Waals surface area (Å²) in [6.45, 7) is 0. The molecule has 9 heteroatoms. The quantitative estimate of drug-likeness (QED) is 0.518. The Morgan fingerprint density at radius 1 is 1.00 bits per heavy atom. The molecule has 1 atom stereocenters. The molecular weight excluding hydrogens is 447 g/mol. The molecule has 154 valence electrons. The van der Waals surface area contributed by atoms with Gasteiger partial charge in [0.1, 0.15) is 5.66 Å². The van der Waals surface area contributed by atoms with E-state index in [2.05, 4.69) is 10.0 Å². The number of nitrogens with one attached hydrogen (secondary N) is 2. The first-order valence-corrected chi connectivity index (χ1v) is 11.1. The van der Waals surface area contributed by atoms with Crippen molar-refractivity contribution in [2.24, 2.45) is 0 Å². The molecule has 1 unspecified atom stereocenters. The smallest absolute Gasteiger partial charge is 0.335 e. The highest BCUT2D eigenvalue weighted by Crippen LogP contribution is 2.40. The second-order valence-corrected chi connectivity index (χ2v) is 9.51. The number of benzene rings is 3. The molecule has 3 aromatic carbocycles. The Bertz CT molecular complexity index is 1250. The van der Waals surface area contributed by atoms with Crippen LogP contribution in [0.15, 0.2) is 71.6 Å². The van der Waals surface area contributed by atoms with E-state index >= 15 is 0 Å². The largest absolute Gasteiger partial charge is 0.478 e. The lowest BCUT2D eigenvalue weighted by atomic mass is 9.95. The molecule has 0 saturated carbocycles. The summed E-state index contributed by atoms with van der Waals surface area (Å²) in [5.74, 6) is -1.07. The normalized spacial score (nSPS) is 17.9. The Kier molecular flexibility index (Phi) is 5.23. The monoisotopic (exact) mass is 462 g/mol. The van der Waals surface area contributed by atoms with Crippen molar-refractivity contribution in [1.29, 1.82) is 0 Å². The van der Waals surface area contributed by atoms with Crippen molar-refractivity contribution >= 4 is 44.9 Å². The molecule has 6 nitrogen and oxygen atoms in total. The molecule has 0 aliphatic carbocycles. The van der Waals surface area contributed by atoms with Crippen molar-refractivity contribution in [2.45, 2.75) is 17.0 Å². The average Bonchev–Trinajstić information content (AvgIpc) is 3.05. The zero-order valence-electron chi connectivity index (χ0n) is 15.4. The molecular formula is C21H16Cl2N2O4S. The summed E-state index contributed by atoms with van der Waals surface area (Å²) in [6, 6.07) is 17.3. The van der Waals surface area contributed by atoms with Gasteiger partial charge in [0.15, 0.2) is 0 Å². The Morgan fingerprint density at radius 2 is 1.70 bits per heavy atom. The third kappa shape index (κ3) is 3.89. The third-order valence-electron chi connectivity index (χ3n) is 4.91. The van der Waals surface area contributed by atoms with Gasteiger partial charge in [0.05, 0.1) is 10.5 Å². The molecule has 1 aliphatic heterocycles. The number of carbonyl (C=O) groups is 1. The van der Waals surface area contributed by atoms with Gasteiger partial charge in [0, 0.05) is 22.2 Å². The van der Waals surface area contributed by atoms with Gasteiger partial charge in [-0.2, -0.15) is 4.72 Å². The van der Waals surface area contributed by atoms with Crippen LogP contribution in [0.2, 0.25) is 10.0 Å². The van der Waals surface area contributed by atoms with Crippen LogP contribution >= 0.6 is 23.2 Å². The SMILES string of the molecule is O=C(O)c1ccc(C2(NS(=O)(=O)c3cccc(Cl)c3)Cc3cc(Cl)ccc3N2)cc1. The van der Waals surface area contributed by atoms with E-state index in [4.69, 9.17) is 23.2 Å². The summed E-state index contributed by atoms with van der Waals surface area (Å²) in [4.78, 5) is 11.2. The Hall–Kier alpha value is -2.58. The topological polar surface area (TPSA) is 95.5 Å². The summed E-state index contributed by atoms with van der Waals surface area (Å²) >= 11 is 12.1. The number of hydrogen-bond donors (Lipinski definition) is 3. The number of rotatable bonds is 5. The van der Waals surface area contributed by atoms with Crippen LogP contribution in [0.5, 0.6) is 0 Å². The standard InChI is InChI=1S/C21H16Cl2N2O4S/c22-16-2-1-3-18(11-16)30(28,29)25-21(15-6-4-13(5-7-15)20(26)27)12-14-10-17(23)8-9-19(14)24-21/h1-11,24-25H,12H2,(H,26,27). The second kappa shape index (κ2) is 7.59. The molecule has 3 N–H and O–H groups in total. The van der Waals surface area contributed by atoms with E-state index in [0.717, 1.165) is 11.3 Å². The van der Waals surface area contributed by atoms with Crippen LogP contribution in [0.4, 0.5) is 5.69 Å². The van der Waals surface area contributed by atoms with Crippen molar-refractivity contribution in [3.63, 3.8) is 0 Å². The molecule has 30 heavy (non-hydrogen) atoms. The van der Waals surface area contributed by atoms with Gasteiger partial charge in [0.25, 0.3) is 0 Å². The van der Waals surface area contributed by atoms with Gasteiger partial charge in [-0.3, -0.25) is 0 Å². The molecule has 3 aromatic rings. The van der Waals surface area contributed by atoms with E-state index in [0.29, 0.717) is 15.6 Å². The van der Waals surface area contributed by atoms with Gasteiger partial charge in [-0.25, -0.2) is 13.2 Å². The number of carboxylic acid groups (broad SMARTS) is 1. The number of hydrogen-bond acceptors (Lipinski definition) is 4. The highest BCUT2D eigenvalue weighted by Gasteiger charge is 2.42. The zero-order chi connectivity index (χ0) is 21.5. The molecule has 0 saturated heterocycles. The molecule has 0 fully saturated rings. The van der Waals surface area contributed by atoms with E-state index in [-0.39, 0.29) is 16.9 Å². The predicted molar refractivity (Wildman–Crippen MR) is 116 cm³/mol. The maximum absolute atomic E-state index is 13.2. The van der Waals surface area contributed by atoms with Gasteiger partial charge in [-0.1, -0.05) is 41.4 Å². The minimum atomic E-state index is -3.97. The average molecular weight is 463 g/mol. The maximum atomic E-state index is 13.2. The van der Waals surface area contributed by atoms with Gasteiger partial charge in [-0.05, 0) is 59.7 Å². The third-order valence-corrected chi connectivity index (χ3v) is 6.87. The lowest BCUT2D eigenvalue weighted by molar-refractivity contribution is 0.0696. The zero-order valence-corrected chi connectivity index (χ0v) is 17.7. The van der Waals surface area contributed by atoms with Crippen LogP contribution < -0.4 is 10.0 Å². The number of aromatic carboxylic acids is 1. The van der Waals surface area contributed by atoms with Crippen molar-refractivity contribution < 1.29 is 18.3 Å². The summed E-state index contributed by atoms with van der Waals surface area (Å²) in [6.07, 6.45) is 0.273. The van der Waals surface area contributed by atoms with Crippen LogP contribution in [-0.4, -0.2) is 19.5 Å².